The average molecular weight is 199 g/mol. The lowest BCUT2D eigenvalue weighted by atomic mass is 9.88. The highest BCUT2D eigenvalue weighted by molar-refractivity contribution is 5.80. The zero-order chi connectivity index (χ0) is 10.8. The summed E-state index contributed by atoms with van der Waals surface area (Å²) in [5.41, 5.74) is 11.1. The third-order valence-electron chi connectivity index (χ3n) is 3.09. The van der Waals surface area contributed by atoms with Gasteiger partial charge in [-0.3, -0.25) is 9.69 Å². The van der Waals surface area contributed by atoms with Crippen LogP contribution in [0.3, 0.4) is 0 Å². The minimum atomic E-state index is -0.193. The Labute approximate surface area is 85.6 Å². The molecule has 0 aliphatic carbocycles. The summed E-state index contributed by atoms with van der Waals surface area (Å²) in [4.78, 5) is 13.1. The molecule has 1 fully saturated rings. The van der Waals surface area contributed by atoms with E-state index in [1.165, 1.54) is 0 Å². The van der Waals surface area contributed by atoms with Gasteiger partial charge in [0.05, 0.1) is 6.04 Å². The fourth-order valence-corrected chi connectivity index (χ4v) is 1.58. The van der Waals surface area contributed by atoms with Gasteiger partial charge in [0.15, 0.2) is 0 Å². The number of amides is 1. The predicted molar refractivity (Wildman–Crippen MR) is 56.6 cm³/mol. The van der Waals surface area contributed by atoms with Gasteiger partial charge in [-0.2, -0.15) is 0 Å². The van der Waals surface area contributed by atoms with Crippen LogP contribution < -0.4 is 11.5 Å². The number of hydrogen-bond donors (Lipinski definition) is 2. The van der Waals surface area contributed by atoms with Crippen LogP contribution >= 0.6 is 0 Å². The van der Waals surface area contributed by atoms with Gasteiger partial charge in [-0.25, -0.2) is 0 Å². The first-order chi connectivity index (χ1) is 6.46. The molecular weight excluding hydrogens is 178 g/mol. The van der Waals surface area contributed by atoms with Crippen LogP contribution in [-0.2, 0) is 4.79 Å². The maximum absolute atomic E-state index is 10.9. The van der Waals surface area contributed by atoms with E-state index < -0.39 is 0 Å². The van der Waals surface area contributed by atoms with E-state index in [0.717, 1.165) is 25.9 Å². The maximum atomic E-state index is 10.9. The van der Waals surface area contributed by atoms with Gasteiger partial charge >= 0.3 is 0 Å². The van der Waals surface area contributed by atoms with E-state index in [-0.39, 0.29) is 17.4 Å². The van der Waals surface area contributed by atoms with Crippen molar-refractivity contribution in [2.75, 3.05) is 19.6 Å². The zero-order valence-electron chi connectivity index (χ0n) is 9.12. The first kappa shape index (κ1) is 11.5. The van der Waals surface area contributed by atoms with Crippen molar-refractivity contribution in [1.82, 2.24) is 4.90 Å². The fourth-order valence-electron chi connectivity index (χ4n) is 1.58. The lowest BCUT2D eigenvalue weighted by molar-refractivity contribution is -0.127. The SMILES string of the molecule is CC(C)(CN)CCN1CCC1C(N)=O. The number of carbonyl (C=O) groups is 1. The summed E-state index contributed by atoms with van der Waals surface area (Å²) in [6.45, 7) is 6.90. The third-order valence-corrected chi connectivity index (χ3v) is 3.09. The van der Waals surface area contributed by atoms with E-state index in [0.29, 0.717) is 6.54 Å². The highest BCUT2D eigenvalue weighted by Crippen LogP contribution is 2.23. The van der Waals surface area contributed by atoms with Crippen molar-refractivity contribution in [3.05, 3.63) is 0 Å². The van der Waals surface area contributed by atoms with Crippen LogP contribution in [0.2, 0.25) is 0 Å². The average Bonchev–Trinajstić information content (AvgIpc) is 2.01. The molecule has 1 aliphatic rings. The molecule has 1 aliphatic heterocycles. The van der Waals surface area contributed by atoms with E-state index in [4.69, 9.17) is 11.5 Å². The van der Waals surface area contributed by atoms with Crippen molar-refractivity contribution in [1.29, 1.82) is 0 Å². The van der Waals surface area contributed by atoms with Gasteiger partial charge in [0.2, 0.25) is 5.91 Å². The summed E-state index contributed by atoms with van der Waals surface area (Å²) in [7, 11) is 0. The van der Waals surface area contributed by atoms with Crippen LogP contribution in [0.1, 0.15) is 26.7 Å². The second-order valence-corrected chi connectivity index (χ2v) is 4.86. The van der Waals surface area contributed by atoms with Crippen LogP contribution in [0, 0.1) is 5.41 Å². The molecule has 82 valence electrons. The van der Waals surface area contributed by atoms with E-state index in [1.807, 2.05) is 0 Å². The van der Waals surface area contributed by atoms with Crippen molar-refractivity contribution in [3.63, 3.8) is 0 Å². The second kappa shape index (κ2) is 4.28. The molecule has 0 saturated carbocycles. The van der Waals surface area contributed by atoms with Gasteiger partial charge in [0.25, 0.3) is 0 Å². The molecule has 1 rings (SSSR count). The number of nitrogens with zero attached hydrogens (tertiary/aromatic N) is 1. The fraction of sp³-hybridized carbons (Fsp3) is 0.900. The quantitative estimate of drug-likeness (QED) is 0.650. The molecule has 1 atom stereocenters. The number of nitrogens with two attached hydrogens (primary N) is 2. The van der Waals surface area contributed by atoms with Crippen molar-refractivity contribution in [2.24, 2.45) is 16.9 Å². The number of hydrogen-bond acceptors (Lipinski definition) is 3. The van der Waals surface area contributed by atoms with Gasteiger partial charge in [0.1, 0.15) is 0 Å². The second-order valence-electron chi connectivity index (χ2n) is 4.86. The molecule has 0 aromatic heterocycles. The van der Waals surface area contributed by atoms with Gasteiger partial charge in [-0.05, 0) is 31.3 Å². The largest absolute Gasteiger partial charge is 0.368 e. The number of carbonyl (C=O) groups excluding carboxylic acids is 1. The standard InChI is InChI=1S/C10H21N3O/c1-10(2,7-11)4-6-13-5-3-8(13)9(12)14/h8H,3-7,11H2,1-2H3,(H2,12,14). The molecular formula is C10H21N3O. The number of rotatable bonds is 5. The minimum absolute atomic E-state index is 0.0245. The molecule has 0 aromatic rings. The Morgan fingerprint density at radius 3 is 2.57 bits per heavy atom. The Kier molecular flexibility index (Phi) is 3.50. The van der Waals surface area contributed by atoms with E-state index in [9.17, 15) is 4.79 Å². The monoisotopic (exact) mass is 199 g/mol. The Balaban J connectivity index is 2.29. The highest BCUT2D eigenvalue weighted by Gasteiger charge is 2.32. The molecule has 4 heteroatoms. The maximum Gasteiger partial charge on any atom is 0.234 e. The summed E-state index contributed by atoms with van der Waals surface area (Å²) < 4.78 is 0. The molecule has 4 nitrogen and oxygen atoms in total. The highest BCUT2D eigenvalue weighted by atomic mass is 16.1. The molecule has 1 saturated heterocycles. The first-order valence-electron chi connectivity index (χ1n) is 5.20. The molecule has 4 N–H and O–H groups in total. The zero-order valence-corrected chi connectivity index (χ0v) is 9.12. The van der Waals surface area contributed by atoms with Crippen molar-refractivity contribution in [3.8, 4) is 0 Å². The summed E-state index contributed by atoms with van der Waals surface area (Å²) in [6, 6.07) is -0.0245. The molecule has 14 heavy (non-hydrogen) atoms. The summed E-state index contributed by atoms with van der Waals surface area (Å²) in [5.74, 6) is -0.193. The number of primary amides is 1. The number of likely N-dealkylation sites (tertiary alicyclic amines) is 1. The topological polar surface area (TPSA) is 72.3 Å². The summed E-state index contributed by atoms with van der Waals surface area (Å²) >= 11 is 0. The molecule has 1 unspecified atom stereocenters. The lowest BCUT2D eigenvalue weighted by Crippen LogP contribution is -2.55. The Morgan fingerprint density at radius 1 is 1.57 bits per heavy atom. The molecule has 1 amide bonds. The van der Waals surface area contributed by atoms with E-state index in [2.05, 4.69) is 18.7 Å². The Hall–Kier alpha value is -0.610. The predicted octanol–water partition coefficient (Wildman–Crippen LogP) is -0.0790. The van der Waals surface area contributed by atoms with Crippen LogP contribution in [0.4, 0.5) is 0 Å². The van der Waals surface area contributed by atoms with Gasteiger partial charge in [-0.15, -0.1) is 0 Å². The van der Waals surface area contributed by atoms with Crippen LogP contribution in [0.25, 0.3) is 0 Å². The normalized spacial score (nSPS) is 23.2. The van der Waals surface area contributed by atoms with E-state index >= 15 is 0 Å². The Bertz CT molecular complexity index is 215. The summed E-state index contributed by atoms with van der Waals surface area (Å²) in [5, 5.41) is 0. The smallest absolute Gasteiger partial charge is 0.234 e. The van der Waals surface area contributed by atoms with Crippen molar-refractivity contribution >= 4 is 5.91 Å². The molecule has 0 spiro atoms. The van der Waals surface area contributed by atoms with Crippen molar-refractivity contribution in [2.45, 2.75) is 32.7 Å². The lowest BCUT2D eigenvalue weighted by Gasteiger charge is -2.40. The van der Waals surface area contributed by atoms with Crippen molar-refractivity contribution < 1.29 is 4.79 Å². The van der Waals surface area contributed by atoms with Gasteiger partial charge < -0.3 is 11.5 Å². The molecule has 1 heterocycles. The summed E-state index contributed by atoms with van der Waals surface area (Å²) in [6.07, 6.45) is 1.94. The minimum Gasteiger partial charge on any atom is -0.368 e. The van der Waals surface area contributed by atoms with Gasteiger partial charge in [0, 0.05) is 6.54 Å². The third kappa shape index (κ3) is 2.69. The molecule has 0 bridgehead atoms. The molecule has 0 aromatic carbocycles. The molecule has 0 radical (unpaired) electrons. The van der Waals surface area contributed by atoms with E-state index in [1.54, 1.807) is 0 Å². The first-order valence-corrected chi connectivity index (χ1v) is 5.20. The Morgan fingerprint density at radius 2 is 2.21 bits per heavy atom. The van der Waals surface area contributed by atoms with Crippen LogP contribution in [-0.4, -0.2) is 36.5 Å². The van der Waals surface area contributed by atoms with Crippen LogP contribution in [0.5, 0.6) is 0 Å². The van der Waals surface area contributed by atoms with Crippen LogP contribution in [0.15, 0.2) is 0 Å². The van der Waals surface area contributed by atoms with Gasteiger partial charge in [-0.1, -0.05) is 13.8 Å².